The number of ether oxygens (including phenoxy) is 1. The van der Waals surface area contributed by atoms with Gasteiger partial charge in [-0.25, -0.2) is 0 Å². The molecule has 0 bridgehead atoms. The molecule has 18 heavy (non-hydrogen) atoms. The van der Waals surface area contributed by atoms with E-state index in [1.54, 1.807) is 0 Å². The van der Waals surface area contributed by atoms with E-state index in [1.807, 2.05) is 6.07 Å². The summed E-state index contributed by atoms with van der Waals surface area (Å²) in [6.45, 7) is 4.83. The summed E-state index contributed by atoms with van der Waals surface area (Å²) in [6.07, 6.45) is 5.31. The second kappa shape index (κ2) is 7.13. The summed E-state index contributed by atoms with van der Waals surface area (Å²) in [5.74, 6) is 0. The Kier molecular flexibility index (Phi) is 5.48. The highest BCUT2D eigenvalue weighted by atomic mass is 35.5. The van der Waals surface area contributed by atoms with Crippen LogP contribution in [0.2, 0.25) is 5.02 Å². The standard InChI is InChI=1S/C15H22ClNO/c1-12-5-6-13(15(16)10-12)11-17-8-7-14-4-2-3-9-18-14/h5-6,10,14,17H,2-4,7-9,11H2,1H3. The van der Waals surface area contributed by atoms with Crippen LogP contribution in [0.4, 0.5) is 0 Å². The first kappa shape index (κ1) is 13.9. The fourth-order valence-corrected chi connectivity index (χ4v) is 2.62. The van der Waals surface area contributed by atoms with Gasteiger partial charge in [-0.2, -0.15) is 0 Å². The Morgan fingerprint density at radius 2 is 2.28 bits per heavy atom. The number of rotatable bonds is 5. The minimum Gasteiger partial charge on any atom is -0.378 e. The molecule has 0 radical (unpaired) electrons. The fourth-order valence-electron chi connectivity index (χ4n) is 2.32. The number of nitrogens with one attached hydrogen (secondary N) is 1. The van der Waals surface area contributed by atoms with Crippen molar-refractivity contribution in [3.8, 4) is 0 Å². The topological polar surface area (TPSA) is 21.3 Å². The lowest BCUT2D eigenvalue weighted by Crippen LogP contribution is -2.25. The third-order valence-corrected chi connectivity index (χ3v) is 3.79. The van der Waals surface area contributed by atoms with Gasteiger partial charge < -0.3 is 10.1 Å². The third kappa shape index (κ3) is 4.27. The molecule has 1 aliphatic rings. The van der Waals surface area contributed by atoms with Crippen LogP contribution in [0.1, 0.15) is 36.8 Å². The predicted molar refractivity (Wildman–Crippen MR) is 76.1 cm³/mol. The van der Waals surface area contributed by atoms with Crippen molar-refractivity contribution in [3.63, 3.8) is 0 Å². The average molecular weight is 268 g/mol. The molecule has 100 valence electrons. The summed E-state index contributed by atoms with van der Waals surface area (Å²) >= 11 is 6.19. The lowest BCUT2D eigenvalue weighted by atomic mass is 10.1. The second-order valence-electron chi connectivity index (χ2n) is 5.05. The molecule has 1 atom stereocenters. The zero-order valence-corrected chi connectivity index (χ0v) is 11.8. The molecule has 1 fully saturated rings. The molecule has 3 heteroatoms. The van der Waals surface area contributed by atoms with Crippen LogP contribution >= 0.6 is 11.6 Å². The molecule has 1 heterocycles. The van der Waals surface area contributed by atoms with Crippen LogP contribution in [0.5, 0.6) is 0 Å². The summed E-state index contributed by atoms with van der Waals surface area (Å²) in [5, 5.41) is 4.30. The van der Waals surface area contributed by atoms with Crippen molar-refractivity contribution in [2.45, 2.75) is 45.3 Å². The highest BCUT2D eigenvalue weighted by molar-refractivity contribution is 6.31. The first-order chi connectivity index (χ1) is 8.75. The molecular formula is C15H22ClNO. The van der Waals surface area contributed by atoms with Gasteiger partial charge in [-0.1, -0.05) is 23.7 Å². The zero-order chi connectivity index (χ0) is 12.8. The lowest BCUT2D eigenvalue weighted by molar-refractivity contribution is 0.0115. The quantitative estimate of drug-likeness (QED) is 0.822. The molecule has 0 aliphatic carbocycles. The summed E-state index contributed by atoms with van der Waals surface area (Å²) in [4.78, 5) is 0. The maximum absolute atomic E-state index is 6.19. The van der Waals surface area contributed by atoms with Gasteiger partial charge >= 0.3 is 0 Å². The fraction of sp³-hybridized carbons (Fsp3) is 0.600. The highest BCUT2D eigenvalue weighted by Crippen LogP contribution is 2.18. The van der Waals surface area contributed by atoms with Crippen LogP contribution in [-0.4, -0.2) is 19.3 Å². The second-order valence-corrected chi connectivity index (χ2v) is 5.46. The third-order valence-electron chi connectivity index (χ3n) is 3.44. The van der Waals surface area contributed by atoms with Gasteiger partial charge in [0.1, 0.15) is 0 Å². The molecule has 1 unspecified atom stereocenters. The van der Waals surface area contributed by atoms with E-state index in [0.29, 0.717) is 6.10 Å². The largest absolute Gasteiger partial charge is 0.378 e. The molecule has 0 aromatic heterocycles. The van der Waals surface area contributed by atoms with Crippen LogP contribution in [-0.2, 0) is 11.3 Å². The van der Waals surface area contributed by atoms with E-state index in [4.69, 9.17) is 16.3 Å². The Labute approximate surface area is 115 Å². The van der Waals surface area contributed by atoms with E-state index >= 15 is 0 Å². The van der Waals surface area contributed by atoms with Gasteiger partial charge in [0, 0.05) is 18.2 Å². The van der Waals surface area contributed by atoms with Gasteiger partial charge in [-0.3, -0.25) is 0 Å². The predicted octanol–water partition coefficient (Wildman–Crippen LogP) is 3.70. The molecular weight excluding hydrogens is 246 g/mol. The lowest BCUT2D eigenvalue weighted by Gasteiger charge is -2.22. The highest BCUT2D eigenvalue weighted by Gasteiger charge is 2.12. The van der Waals surface area contributed by atoms with Crippen molar-refractivity contribution in [2.75, 3.05) is 13.2 Å². The summed E-state index contributed by atoms with van der Waals surface area (Å²) in [7, 11) is 0. The number of hydrogen-bond donors (Lipinski definition) is 1. The smallest absolute Gasteiger partial charge is 0.0587 e. The number of benzene rings is 1. The molecule has 1 saturated heterocycles. The maximum atomic E-state index is 6.19. The van der Waals surface area contributed by atoms with Gasteiger partial charge in [0.15, 0.2) is 0 Å². The number of hydrogen-bond acceptors (Lipinski definition) is 2. The first-order valence-electron chi connectivity index (χ1n) is 6.83. The maximum Gasteiger partial charge on any atom is 0.0587 e. The summed E-state index contributed by atoms with van der Waals surface area (Å²) in [5.41, 5.74) is 2.38. The van der Waals surface area contributed by atoms with Crippen molar-refractivity contribution in [3.05, 3.63) is 34.3 Å². The molecule has 0 saturated carbocycles. The Hall–Kier alpha value is -0.570. The van der Waals surface area contributed by atoms with Crippen molar-refractivity contribution in [1.29, 1.82) is 0 Å². The van der Waals surface area contributed by atoms with Gasteiger partial charge in [-0.05, 0) is 56.3 Å². The van der Waals surface area contributed by atoms with Gasteiger partial charge in [0.05, 0.1) is 6.10 Å². The van der Waals surface area contributed by atoms with Crippen LogP contribution in [0, 0.1) is 6.92 Å². The minimum absolute atomic E-state index is 0.458. The van der Waals surface area contributed by atoms with Crippen LogP contribution < -0.4 is 5.32 Å². The van der Waals surface area contributed by atoms with E-state index in [0.717, 1.165) is 31.1 Å². The summed E-state index contributed by atoms with van der Waals surface area (Å²) < 4.78 is 5.70. The Balaban J connectivity index is 1.68. The van der Waals surface area contributed by atoms with E-state index in [1.165, 1.54) is 30.4 Å². The Morgan fingerprint density at radius 3 is 3.00 bits per heavy atom. The summed E-state index contributed by atoms with van der Waals surface area (Å²) in [6, 6.07) is 6.22. The van der Waals surface area contributed by atoms with E-state index < -0.39 is 0 Å². The Morgan fingerprint density at radius 1 is 1.39 bits per heavy atom. The van der Waals surface area contributed by atoms with Gasteiger partial charge in [0.25, 0.3) is 0 Å². The molecule has 2 nitrogen and oxygen atoms in total. The first-order valence-corrected chi connectivity index (χ1v) is 7.21. The Bertz CT molecular complexity index is 375. The van der Waals surface area contributed by atoms with Gasteiger partial charge in [-0.15, -0.1) is 0 Å². The van der Waals surface area contributed by atoms with Crippen molar-refractivity contribution in [2.24, 2.45) is 0 Å². The average Bonchev–Trinajstić information content (AvgIpc) is 2.38. The van der Waals surface area contributed by atoms with Crippen molar-refractivity contribution < 1.29 is 4.74 Å². The van der Waals surface area contributed by atoms with Crippen LogP contribution in [0.3, 0.4) is 0 Å². The molecule has 2 rings (SSSR count). The molecule has 1 N–H and O–H groups in total. The van der Waals surface area contributed by atoms with Crippen LogP contribution in [0.25, 0.3) is 0 Å². The normalized spacial score (nSPS) is 20.0. The number of aryl methyl sites for hydroxylation is 1. The minimum atomic E-state index is 0.458. The molecule has 1 aromatic rings. The van der Waals surface area contributed by atoms with E-state index in [-0.39, 0.29) is 0 Å². The van der Waals surface area contributed by atoms with Crippen molar-refractivity contribution >= 4 is 11.6 Å². The molecule has 1 aliphatic heterocycles. The molecule has 1 aromatic carbocycles. The zero-order valence-electron chi connectivity index (χ0n) is 11.0. The van der Waals surface area contributed by atoms with E-state index in [9.17, 15) is 0 Å². The molecule has 0 amide bonds. The van der Waals surface area contributed by atoms with E-state index in [2.05, 4.69) is 24.4 Å². The van der Waals surface area contributed by atoms with Gasteiger partial charge in [0.2, 0.25) is 0 Å². The van der Waals surface area contributed by atoms with Crippen molar-refractivity contribution in [1.82, 2.24) is 5.32 Å². The monoisotopic (exact) mass is 267 g/mol. The SMILES string of the molecule is Cc1ccc(CNCCC2CCCCO2)c(Cl)c1. The number of halogens is 1. The molecule has 0 spiro atoms. The van der Waals surface area contributed by atoms with Crippen LogP contribution in [0.15, 0.2) is 18.2 Å².